The molecule has 4 atom stereocenters. The number of rotatable bonds is 2. The molecule has 0 aliphatic carbocycles. The van der Waals surface area contributed by atoms with Crippen LogP contribution in [0.4, 0.5) is 0 Å². The molecule has 0 unspecified atom stereocenters. The first kappa shape index (κ1) is 20.0. The van der Waals surface area contributed by atoms with E-state index in [4.69, 9.17) is 9.47 Å². The molecule has 1 aliphatic heterocycles. The molecule has 0 aromatic heterocycles. The molecule has 0 fully saturated rings. The quantitative estimate of drug-likeness (QED) is 0.535. The van der Waals surface area contributed by atoms with Gasteiger partial charge in [-0.15, -0.1) is 0 Å². The van der Waals surface area contributed by atoms with Crippen LogP contribution in [0.25, 0.3) is 0 Å². The van der Waals surface area contributed by atoms with Crippen molar-refractivity contribution in [3.8, 4) is 0 Å². The van der Waals surface area contributed by atoms with Gasteiger partial charge < -0.3 is 9.47 Å². The van der Waals surface area contributed by atoms with Crippen molar-refractivity contribution < 1.29 is 14.3 Å². The molecule has 3 heteroatoms. The lowest BCUT2D eigenvalue weighted by Gasteiger charge is -2.27. The fourth-order valence-electron chi connectivity index (χ4n) is 3.15. The lowest BCUT2D eigenvalue weighted by Crippen LogP contribution is -2.27. The normalized spacial score (nSPS) is 35.1. The lowest BCUT2D eigenvalue weighted by molar-refractivity contribution is -0.149. The molecular formula is C20H34O3. The second kappa shape index (κ2) is 9.92. The Morgan fingerprint density at radius 2 is 1.96 bits per heavy atom. The minimum absolute atomic E-state index is 0.0760. The molecule has 0 amide bonds. The van der Waals surface area contributed by atoms with Gasteiger partial charge in [-0.05, 0) is 49.5 Å². The average molecular weight is 322 g/mol. The highest BCUT2D eigenvalue weighted by atomic mass is 16.5. The van der Waals surface area contributed by atoms with E-state index in [2.05, 4.69) is 52.8 Å². The number of methoxy groups -OCH3 is 1. The van der Waals surface area contributed by atoms with E-state index >= 15 is 0 Å². The second-order valence-electron chi connectivity index (χ2n) is 7.16. The topological polar surface area (TPSA) is 35.5 Å². The highest BCUT2D eigenvalue weighted by Gasteiger charge is 2.24. The standard InChI is InChI=1S/C20H34O3/c1-14(2)20-16(4)13-15(3)17(5)18(22-6)11-9-7-8-10-12-19(21)23-20/h9,11,13-15,17-18,20H,7-8,10,12H2,1-6H3/b11-9+,16-13-/t15-,17+,18+,20-/m1/s1. The molecule has 132 valence electrons. The van der Waals surface area contributed by atoms with E-state index in [9.17, 15) is 4.79 Å². The van der Waals surface area contributed by atoms with Crippen molar-refractivity contribution in [3.63, 3.8) is 0 Å². The molecule has 23 heavy (non-hydrogen) atoms. The predicted octanol–water partition coefficient (Wildman–Crippen LogP) is 4.92. The monoisotopic (exact) mass is 322 g/mol. The second-order valence-corrected chi connectivity index (χ2v) is 7.16. The van der Waals surface area contributed by atoms with Gasteiger partial charge in [-0.1, -0.05) is 45.9 Å². The number of allylic oxidation sites excluding steroid dienone is 2. The summed E-state index contributed by atoms with van der Waals surface area (Å²) in [4.78, 5) is 12.1. The molecule has 0 aromatic rings. The van der Waals surface area contributed by atoms with Crippen molar-refractivity contribution in [3.05, 3.63) is 23.8 Å². The molecule has 1 aliphatic rings. The van der Waals surface area contributed by atoms with Crippen molar-refractivity contribution in [1.29, 1.82) is 0 Å². The third-order valence-corrected chi connectivity index (χ3v) is 4.79. The number of carbonyl (C=O) groups is 1. The zero-order chi connectivity index (χ0) is 17.4. The maximum absolute atomic E-state index is 12.1. The van der Waals surface area contributed by atoms with Crippen molar-refractivity contribution in [1.82, 2.24) is 0 Å². The Labute approximate surface area is 142 Å². The Morgan fingerprint density at radius 3 is 2.57 bits per heavy atom. The van der Waals surface area contributed by atoms with Crippen LogP contribution in [0.1, 0.15) is 60.3 Å². The maximum atomic E-state index is 12.1. The molecule has 0 radical (unpaired) electrons. The van der Waals surface area contributed by atoms with Gasteiger partial charge in [-0.25, -0.2) is 0 Å². The van der Waals surface area contributed by atoms with E-state index < -0.39 is 0 Å². The molecule has 0 spiro atoms. The Hall–Kier alpha value is -1.09. The van der Waals surface area contributed by atoms with Crippen molar-refractivity contribution in [2.45, 2.75) is 72.5 Å². The van der Waals surface area contributed by atoms with E-state index in [1.54, 1.807) is 7.11 Å². The van der Waals surface area contributed by atoms with Crippen LogP contribution >= 0.6 is 0 Å². The van der Waals surface area contributed by atoms with Crippen LogP contribution in [0.15, 0.2) is 23.8 Å². The first-order chi connectivity index (χ1) is 10.9. The third kappa shape index (κ3) is 6.50. The van der Waals surface area contributed by atoms with Crippen molar-refractivity contribution in [2.75, 3.05) is 7.11 Å². The summed E-state index contributed by atoms with van der Waals surface area (Å²) in [5, 5.41) is 0. The fraction of sp³-hybridized carbons (Fsp3) is 0.750. The molecule has 3 nitrogen and oxygen atoms in total. The van der Waals surface area contributed by atoms with Crippen molar-refractivity contribution >= 4 is 5.97 Å². The molecule has 0 bridgehead atoms. The predicted molar refractivity (Wildman–Crippen MR) is 95.2 cm³/mol. The zero-order valence-electron chi connectivity index (χ0n) is 15.7. The number of carbonyl (C=O) groups excluding carboxylic acids is 1. The summed E-state index contributed by atoms with van der Waals surface area (Å²) in [6, 6.07) is 0. The number of hydrogen-bond donors (Lipinski definition) is 0. The SMILES string of the molecule is CO[C@H]1/C=C/CCCCC(=O)O[C@H](C(C)C)/C(C)=C\[C@@H](C)[C@@H]1C. The van der Waals surface area contributed by atoms with Gasteiger partial charge in [0.05, 0.1) is 6.10 Å². The van der Waals surface area contributed by atoms with E-state index in [1.807, 2.05) is 0 Å². The average Bonchev–Trinajstić information content (AvgIpc) is 2.50. The van der Waals surface area contributed by atoms with Gasteiger partial charge in [0.2, 0.25) is 0 Å². The van der Waals surface area contributed by atoms with Gasteiger partial charge in [0.25, 0.3) is 0 Å². The first-order valence-corrected chi connectivity index (χ1v) is 8.94. The largest absolute Gasteiger partial charge is 0.458 e. The number of cyclic esters (lactones) is 1. The summed E-state index contributed by atoms with van der Waals surface area (Å²) in [6.45, 7) is 10.7. The molecule has 1 heterocycles. The number of ether oxygens (including phenoxy) is 2. The summed E-state index contributed by atoms with van der Waals surface area (Å²) < 4.78 is 11.4. The van der Waals surface area contributed by atoms with E-state index in [0.29, 0.717) is 18.3 Å². The van der Waals surface area contributed by atoms with Gasteiger partial charge in [-0.3, -0.25) is 4.79 Å². The maximum Gasteiger partial charge on any atom is 0.306 e. The van der Waals surface area contributed by atoms with Gasteiger partial charge in [0, 0.05) is 13.5 Å². The van der Waals surface area contributed by atoms with Gasteiger partial charge in [0.15, 0.2) is 0 Å². The fourth-order valence-corrected chi connectivity index (χ4v) is 3.15. The number of esters is 1. The number of hydrogen-bond acceptors (Lipinski definition) is 3. The molecule has 1 rings (SSSR count). The van der Waals surface area contributed by atoms with Crippen molar-refractivity contribution in [2.24, 2.45) is 17.8 Å². The molecule has 0 saturated heterocycles. The minimum Gasteiger partial charge on any atom is -0.458 e. The Balaban J connectivity index is 3.02. The summed E-state index contributed by atoms with van der Waals surface area (Å²) in [5.74, 6) is 0.932. The van der Waals surface area contributed by atoms with Gasteiger partial charge in [0.1, 0.15) is 6.10 Å². The summed E-state index contributed by atoms with van der Waals surface area (Å²) in [7, 11) is 1.77. The molecule has 0 aromatic carbocycles. The summed E-state index contributed by atoms with van der Waals surface area (Å²) in [5.41, 5.74) is 1.14. The molecular weight excluding hydrogens is 288 g/mol. The van der Waals surface area contributed by atoms with Crippen LogP contribution in [-0.2, 0) is 14.3 Å². The zero-order valence-corrected chi connectivity index (χ0v) is 15.7. The van der Waals surface area contributed by atoms with Crippen LogP contribution in [0.2, 0.25) is 0 Å². The van der Waals surface area contributed by atoms with Gasteiger partial charge >= 0.3 is 5.97 Å². The summed E-state index contributed by atoms with van der Waals surface area (Å²) >= 11 is 0. The smallest absolute Gasteiger partial charge is 0.306 e. The highest BCUT2D eigenvalue weighted by Crippen LogP contribution is 2.25. The molecule has 0 N–H and O–H groups in total. The van der Waals surface area contributed by atoms with Crippen LogP contribution in [0.5, 0.6) is 0 Å². The third-order valence-electron chi connectivity index (χ3n) is 4.79. The van der Waals surface area contributed by atoms with Crippen LogP contribution < -0.4 is 0 Å². The molecule has 0 saturated carbocycles. The Morgan fingerprint density at radius 1 is 1.26 bits per heavy atom. The minimum atomic E-state index is -0.128. The highest BCUT2D eigenvalue weighted by molar-refractivity contribution is 5.69. The van der Waals surface area contributed by atoms with Crippen LogP contribution in [0, 0.1) is 17.8 Å². The first-order valence-electron chi connectivity index (χ1n) is 8.94. The Bertz CT molecular complexity index is 423. The summed E-state index contributed by atoms with van der Waals surface area (Å²) in [6.07, 6.45) is 9.97. The van der Waals surface area contributed by atoms with Crippen LogP contribution in [0.3, 0.4) is 0 Å². The van der Waals surface area contributed by atoms with Crippen LogP contribution in [-0.4, -0.2) is 25.3 Å². The Kier molecular flexibility index (Phi) is 8.60. The van der Waals surface area contributed by atoms with E-state index in [-0.39, 0.29) is 24.1 Å². The van der Waals surface area contributed by atoms with Gasteiger partial charge in [-0.2, -0.15) is 0 Å². The lowest BCUT2D eigenvalue weighted by atomic mass is 9.86. The van der Waals surface area contributed by atoms with E-state index in [0.717, 1.165) is 24.8 Å². The van der Waals surface area contributed by atoms with E-state index in [1.165, 1.54) is 0 Å².